The first-order chi connectivity index (χ1) is 14.0. The fourth-order valence-electron chi connectivity index (χ4n) is 5.27. The van der Waals surface area contributed by atoms with Crippen molar-refractivity contribution < 1.29 is 9.59 Å². The number of hydrogen-bond donors (Lipinski definition) is 1. The Labute approximate surface area is 173 Å². The van der Waals surface area contributed by atoms with E-state index in [1.54, 1.807) is 0 Å². The Kier molecular flexibility index (Phi) is 5.44. The molecule has 2 aliphatic heterocycles. The lowest BCUT2D eigenvalue weighted by molar-refractivity contribution is -0.136. The summed E-state index contributed by atoms with van der Waals surface area (Å²) in [6.07, 6.45) is 2.32. The molecule has 29 heavy (non-hydrogen) atoms. The van der Waals surface area contributed by atoms with Crippen molar-refractivity contribution >= 4 is 11.8 Å². The van der Waals surface area contributed by atoms with Gasteiger partial charge in [0.05, 0.1) is 5.92 Å². The number of carbonyl (C=O) groups is 2. The zero-order valence-electron chi connectivity index (χ0n) is 17.4. The molecule has 2 atom stereocenters. The Morgan fingerprint density at radius 3 is 2.41 bits per heavy atom. The predicted octanol–water partition coefficient (Wildman–Crippen LogP) is 4.01. The first kappa shape index (κ1) is 19.7. The maximum atomic E-state index is 13.2. The highest BCUT2D eigenvalue weighted by Crippen LogP contribution is 2.49. The first-order valence-corrected chi connectivity index (χ1v) is 10.7. The number of hydrogen-bond acceptors (Lipinski definition) is 2. The van der Waals surface area contributed by atoms with Crippen molar-refractivity contribution in [3.63, 3.8) is 0 Å². The molecule has 0 unspecified atom stereocenters. The number of aryl methyl sites for hydroxylation is 1. The van der Waals surface area contributed by atoms with Crippen LogP contribution in [0.15, 0.2) is 54.6 Å². The van der Waals surface area contributed by atoms with Gasteiger partial charge in [-0.25, -0.2) is 0 Å². The third-order valence-electron chi connectivity index (χ3n) is 7.05. The van der Waals surface area contributed by atoms with Gasteiger partial charge < -0.3 is 10.2 Å². The number of piperidine rings is 2. The zero-order chi connectivity index (χ0) is 20.4. The summed E-state index contributed by atoms with van der Waals surface area (Å²) in [4.78, 5) is 27.5. The highest BCUT2D eigenvalue weighted by atomic mass is 16.2. The standard InChI is InChI=1S/C25H30N2O2/c1-18-8-6-7-11-21(18)19(2)24(29)27-14-12-25(13-15-27)16-23(28)26-17-22(25)20-9-4-3-5-10-20/h3-11,19,22H,12-17H2,1-2H3,(H,26,28)/t19-,22+/m1/s1. The molecule has 2 fully saturated rings. The van der Waals surface area contributed by atoms with Crippen LogP contribution in [0.3, 0.4) is 0 Å². The lowest BCUT2D eigenvalue weighted by Crippen LogP contribution is -2.53. The number of carbonyl (C=O) groups excluding carboxylic acids is 2. The number of nitrogens with zero attached hydrogens (tertiary/aromatic N) is 1. The second kappa shape index (κ2) is 8.02. The normalized spacial score (nSPS) is 22.2. The first-order valence-electron chi connectivity index (χ1n) is 10.7. The van der Waals surface area contributed by atoms with E-state index in [4.69, 9.17) is 0 Å². The molecule has 4 heteroatoms. The maximum absolute atomic E-state index is 13.2. The molecule has 152 valence electrons. The van der Waals surface area contributed by atoms with E-state index in [2.05, 4.69) is 48.6 Å². The van der Waals surface area contributed by atoms with E-state index in [1.165, 1.54) is 5.56 Å². The van der Waals surface area contributed by atoms with E-state index in [-0.39, 0.29) is 23.1 Å². The minimum atomic E-state index is -0.134. The molecule has 2 heterocycles. The number of likely N-dealkylation sites (tertiary alicyclic amines) is 1. The zero-order valence-corrected chi connectivity index (χ0v) is 17.4. The van der Waals surface area contributed by atoms with Gasteiger partial charge in [0, 0.05) is 32.0 Å². The Balaban J connectivity index is 1.50. The van der Waals surface area contributed by atoms with Crippen LogP contribution in [0.25, 0.3) is 0 Å². The van der Waals surface area contributed by atoms with Gasteiger partial charge in [-0.1, -0.05) is 54.6 Å². The van der Waals surface area contributed by atoms with Crippen molar-refractivity contribution in [1.29, 1.82) is 0 Å². The highest BCUT2D eigenvalue weighted by Gasteiger charge is 2.47. The molecule has 0 aliphatic carbocycles. The van der Waals surface area contributed by atoms with Crippen molar-refractivity contribution in [2.24, 2.45) is 5.41 Å². The SMILES string of the molecule is Cc1ccccc1[C@@H](C)C(=O)N1CCC2(CC1)CC(=O)NC[C@H]2c1ccccc1. The Morgan fingerprint density at radius 1 is 1.07 bits per heavy atom. The topological polar surface area (TPSA) is 49.4 Å². The Bertz CT molecular complexity index is 885. The van der Waals surface area contributed by atoms with Crippen LogP contribution in [-0.4, -0.2) is 36.3 Å². The smallest absolute Gasteiger partial charge is 0.229 e. The van der Waals surface area contributed by atoms with E-state index >= 15 is 0 Å². The number of amides is 2. The van der Waals surface area contributed by atoms with Crippen LogP contribution in [0.4, 0.5) is 0 Å². The number of benzene rings is 2. The second-order valence-corrected chi connectivity index (χ2v) is 8.71. The fourth-order valence-corrected chi connectivity index (χ4v) is 5.27. The second-order valence-electron chi connectivity index (χ2n) is 8.71. The molecule has 0 bridgehead atoms. The van der Waals surface area contributed by atoms with Crippen LogP contribution in [0.1, 0.15) is 54.7 Å². The molecule has 1 N–H and O–H groups in total. The van der Waals surface area contributed by atoms with Gasteiger partial charge in [0.25, 0.3) is 0 Å². The summed E-state index contributed by atoms with van der Waals surface area (Å²) in [6.45, 7) is 6.22. The van der Waals surface area contributed by atoms with E-state index in [1.807, 2.05) is 30.0 Å². The molecule has 4 nitrogen and oxygen atoms in total. The van der Waals surface area contributed by atoms with Crippen LogP contribution in [0, 0.1) is 12.3 Å². The summed E-state index contributed by atoms with van der Waals surface area (Å²) in [6, 6.07) is 18.6. The number of nitrogens with one attached hydrogen (secondary N) is 1. The molecule has 4 rings (SSSR count). The van der Waals surface area contributed by atoms with E-state index in [9.17, 15) is 9.59 Å². The van der Waals surface area contributed by atoms with E-state index in [0.29, 0.717) is 18.9 Å². The van der Waals surface area contributed by atoms with Crippen molar-refractivity contribution in [3.8, 4) is 0 Å². The van der Waals surface area contributed by atoms with Gasteiger partial charge in [-0.3, -0.25) is 9.59 Å². The molecule has 2 aromatic rings. The van der Waals surface area contributed by atoms with Crippen molar-refractivity contribution in [2.45, 2.75) is 44.9 Å². The van der Waals surface area contributed by atoms with Gasteiger partial charge >= 0.3 is 0 Å². The third-order valence-corrected chi connectivity index (χ3v) is 7.05. The van der Waals surface area contributed by atoms with E-state index < -0.39 is 0 Å². The average Bonchev–Trinajstić information content (AvgIpc) is 2.74. The highest BCUT2D eigenvalue weighted by molar-refractivity contribution is 5.84. The molecule has 0 saturated carbocycles. The molecule has 2 aliphatic rings. The Morgan fingerprint density at radius 2 is 1.72 bits per heavy atom. The van der Waals surface area contributed by atoms with Crippen molar-refractivity contribution in [2.75, 3.05) is 19.6 Å². The van der Waals surface area contributed by atoms with Crippen LogP contribution >= 0.6 is 0 Å². The van der Waals surface area contributed by atoms with Gasteiger partial charge in [0.15, 0.2) is 0 Å². The molecular formula is C25H30N2O2. The quantitative estimate of drug-likeness (QED) is 0.861. The van der Waals surface area contributed by atoms with Gasteiger partial charge in [-0.2, -0.15) is 0 Å². The predicted molar refractivity (Wildman–Crippen MR) is 115 cm³/mol. The summed E-state index contributed by atoms with van der Waals surface area (Å²) < 4.78 is 0. The molecule has 0 radical (unpaired) electrons. The molecule has 2 amide bonds. The number of rotatable bonds is 3. The molecule has 1 spiro atoms. The van der Waals surface area contributed by atoms with Crippen molar-refractivity contribution in [1.82, 2.24) is 10.2 Å². The van der Waals surface area contributed by atoms with Crippen LogP contribution in [0.2, 0.25) is 0 Å². The largest absolute Gasteiger partial charge is 0.355 e. The van der Waals surface area contributed by atoms with Gasteiger partial charge in [-0.15, -0.1) is 0 Å². The van der Waals surface area contributed by atoms with Crippen molar-refractivity contribution in [3.05, 3.63) is 71.3 Å². The average molecular weight is 391 g/mol. The van der Waals surface area contributed by atoms with Gasteiger partial charge in [0.1, 0.15) is 0 Å². The molecular weight excluding hydrogens is 360 g/mol. The Hall–Kier alpha value is -2.62. The summed E-state index contributed by atoms with van der Waals surface area (Å²) in [5.74, 6) is 0.521. The third kappa shape index (κ3) is 3.81. The monoisotopic (exact) mass is 390 g/mol. The molecule has 2 saturated heterocycles. The van der Waals surface area contributed by atoms with Crippen LogP contribution in [0.5, 0.6) is 0 Å². The van der Waals surface area contributed by atoms with E-state index in [0.717, 1.165) is 37.1 Å². The molecule has 2 aromatic carbocycles. The lowest BCUT2D eigenvalue weighted by Gasteiger charge is -2.49. The fraction of sp³-hybridized carbons (Fsp3) is 0.440. The minimum Gasteiger partial charge on any atom is -0.355 e. The summed E-state index contributed by atoms with van der Waals surface area (Å²) in [7, 11) is 0. The summed E-state index contributed by atoms with van der Waals surface area (Å²) >= 11 is 0. The van der Waals surface area contributed by atoms with Gasteiger partial charge in [-0.05, 0) is 48.8 Å². The minimum absolute atomic E-state index is 0.0492. The summed E-state index contributed by atoms with van der Waals surface area (Å²) in [5.41, 5.74) is 3.51. The summed E-state index contributed by atoms with van der Waals surface area (Å²) in [5, 5.41) is 3.06. The maximum Gasteiger partial charge on any atom is 0.229 e. The molecule has 0 aromatic heterocycles. The lowest BCUT2D eigenvalue weighted by atomic mass is 9.62. The van der Waals surface area contributed by atoms with Crippen LogP contribution < -0.4 is 5.32 Å². The van der Waals surface area contributed by atoms with Crippen LogP contribution in [-0.2, 0) is 9.59 Å². The van der Waals surface area contributed by atoms with Gasteiger partial charge in [0.2, 0.25) is 11.8 Å².